The van der Waals surface area contributed by atoms with E-state index in [1.165, 1.54) is 5.57 Å². The Morgan fingerprint density at radius 3 is 1.85 bits per heavy atom. The van der Waals surface area contributed by atoms with Crippen molar-refractivity contribution in [2.24, 2.45) is 11.8 Å². The van der Waals surface area contributed by atoms with Gasteiger partial charge in [0, 0.05) is 5.71 Å². The van der Waals surface area contributed by atoms with Crippen LogP contribution in [-0.4, -0.2) is 5.71 Å². The second-order valence-corrected chi connectivity index (χ2v) is 3.89. The fourth-order valence-corrected chi connectivity index (χ4v) is 1.00. The molecule has 1 heteroatoms. The van der Waals surface area contributed by atoms with E-state index in [1.54, 1.807) is 0 Å². The Morgan fingerprint density at radius 2 is 1.54 bits per heavy atom. The average molecular weight is 179 g/mol. The van der Waals surface area contributed by atoms with Gasteiger partial charge < -0.3 is 5.41 Å². The first-order chi connectivity index (χ1) is 5.99. The van der Waals surface area contributed by atoms with Crippen LogP contribution in [0.3, 0.4) is 0 Å². The number of rotatable bonds is 4. The summed E-state index contributed by atoms with van der Waals surface area (Å²) in [6.07, 6.45) is 6.06. The number of nitrogens with one attached hydrogen (secondary N) is 1. The van der Waals surface area contributed by atoms with Gasteiger partial charge in [-0.1, -0.05) is 39.8 Å². The fraction of sp³-hybridized carbons (Fsp3) is 0.583. The van der Waals surface area contributed by atoms with Crippen molar-refractivity contribution in [3.8, 4) is 0 Å². The molecule has 1 nitrogen and oxygen atoms in total. The van der Waals surface area contributed by atoms with Gasteiger partial charge >= 0.3 is 0 Å². The molecule has 0 amide bonds. The lowest BCUT2D eigenvalue weighted by molar-refractivity contribution is 0.789. The number of allylic oxidation sites excluding steroid dienone is 4. The molecule has 74 valence electrons. The van der Waals surface area contributed by atoms with Gasteiger partial charge in [0.2, 0.25) is 0 Å². The standard InChI is InChI=1S/C12H21N/c1-6-11(9(2)3)7-8-12(13)10(4)5/h6-10,13H,1-5H3/b8-7-,11-6+,13-12?. The first-order valence-corrected chi connectivity index (χ1v) is 4.91. The average Bonchev–Trinajstić information content (AvgIpc) is 2.04. The van der Waals surface area contributed by atoms with Crippen LogP contribution in [0, 0.1) is 17.2 Å². The fourth-order valence-electron chi connectivity index (χ4n) is 1.00. The quantitative estimate of drug-likeness (QED) is 0.501. The molecule has 0 bridgehead atoms. The highest BCUT2D eigenvalue weighted by Crippen LogP contribution is 2.11. The zero-order valence-corrected chi connectivity index (χ0v) is 9.39. The summed E-state index contributed by atoms with van der Waals surface area (Å²) in [7, 11) is 0. The molecule has 0 saturated heterocycles. The van der Waals surface area contributed by atoms with Gasteiger partial charge in [0.1, 0.15) is 0 Å². The van der Waals surface area contributed by atoms with E-state index in [0.717, 1.165) is 0 Å². The smallest absolute Gasteiger partial charge is 0.0339 e. The second-order valence-electron chi connectivity index (χ2n) is 3.89. The predicted octanol–water partition coefficient (Wildman–Crippen LogP) is 3.82. The highest BCUT2D eigenvalue weighted by atomic mass is 14.4. The van der Waals surface area contributed by atoms with Gasteiger partial charge in [-0.3, -0.25) is 0 Å². The summed E-state index contributed by atoms with van der Waals surface area (Å²) in [4.78, 5) is 0. The normalized spacial score (nSPS) is 13.3. The van der Waals surface area contributed by atoms with E-state index in [2.05, 4.69) is 19.9 Å². The van der Waals surface area contributed by atoms with E-state index in [0.29, 0.717) is 17.5 Å². The van der Waals surface area contributed by atoms with E-state index < -0.39 is 0 Å². The lowest BCUT2D eigenvalue weighted by Crippen LogP contribution is -2.01. The van der Waals surface area contributed by atoms with E-state index >= 15 is 0 Å². The molecular formula is C12H21N. The van der Waals surface area contributed by atoms with Gasteiger partial charge in [0.25, 0.3) is 0 Å². The van der Waals surface area contributed by atoms with E-state index in [9.17, 15) is 0 Å². The SMILES string of the molecule is C/C=C(\C=C/C(=N)C(C)C)C(C)C. The van der Waals surface area contributed by atoms with Gasteiger partial charge in [-0.2, -0.15) is 0 Å². The van der Waals surface area contributed by atoms with Crippen molar-refractivity contribution < 1.29 is 0 Å². The summed E-state index contributed by atoms with van der Waals surface area (Å²) in [6, 6.07) is 0. The topological polar surface area (TPSA) is 23.9 Å². The number of hydrogen-bond acceptors (Lipinski definition) is 1. The third-order valence-electron chi connectivity index (χ3n) is 2.08. The maximum atomic E-state index is 7.64. The van der Waals surface area contributed by atoms with E-state index in [4.69, 9.17) is 5.41 Å². The first-order valence-electron chi connectivity index (χ1n) is 4.91. The Hall–Kier alpha value is -0.850. The zero-order chi connectivity index (χ0) is 10.4. The summed E-state index contributed by atoms with van der Waals surface area (Å²) >= 11 is 0. The third kappa shape index (κ3) is 4.66. The van der Waals surface area contributed by atoms with Crippen LogP contribution >= 0.6 is 0 Å². The van der Waals surface area contributed by atoms with Gasteiger partial charge in [0.05, 0.1) is 0 Å². The zero-order valence-electron chi connectivity index (χ0n) is 9.39. The molecule has 0 aromatic carbocycles. The molecule has 0 heterocycles. The minimum Gasteiger partial charge on any atom is -0.305 e. The van der Waals surface area contributed by atoms with Crippen molar-refractivity contribution in [3.63, 3.8) is 0 Å². The Morgan fingerprint density at radius 1 is 1.00 bits per heavy atom. The first kappa shape index (κ1) is 12.2. The molecule has 0 unspecified atom stereocenters. The van der Waals surface area contributed by atoms with Crippen LogP contribution < -0.4 is 0 Å². The van der Waals surface area contributed by atoms with Gasteiger partial charge in [-0.15, -0.1) is 0 Å². The van der Waals surface area contributed by atoms with Crippen molar-refractivity contribution in [1.29, 1.82) is 5.41 Å². The minimum absolute atomic E-state index is 0.321. The summed E-state index contributed by atoms with van der Waals surface area (Å²) in [6.45, 7) is 10.4. The Bertz CT molecular complexity index is 219. The van der Waals surface area contributed by atoms with Crippen LogP contribution in [0.4, 0.5) is 0 Å². The highest BCUT2D eigenvalue weighted by molar-refractivity contribution is 5.94. The van der Waals surface area contributed by atoms with Crippen molar-refractivity contribution in [2.45, 2.75) is 34.6 Å². The number of hydrogen-bond donors (Lipinski definition) is 1. The van der Waals surface area contributed by atoms with Crippen LogP contribution in [0.1, 0.15) is 34.6 Å². The van der Waals surface area contributed by atoms with Crippen molar-refractivity contribution in [3.05, 3.63) is 23.8 Å². The molecule has 0 rings (SSSR count). The molecule has 0 atom stereocenters. The van der Waals surface area contributed by atoms with Crippen LogP contribution in [0.5, 0.6) is 0 Å². The van der Waals surface area contributed by atoms with Gasteiger partial charge in [0.15, 0.2) is 0 Å². The molecule has 0 saturated carbocycles. The summed E-state index contributed by atoms with van der Waals surface area (Å²) in [5.41, 5.74) is 1.99. The maximum absolute atomic E-state index is 7.64. The van der Waals surface area contributed by atoms with Crippen molar-refractivity contribution >= 4 is 5.71 Å². The summed E-state index contributed by atoms with van der Waals surface area (Å²) in [5.74, 6) is 0.864. The highest BCUT2D eigenvalue weighted by Gasteiger charge is 2.00. The molecular weight excluding hydrogens is 158 g/mol. The third-order valence-corrected chi connectivity index (χ3v) is 2.08. The Kier molecular flexibility index (Phi) is 5.36. The molecule has 0 aliphatic carbocycles. The Labute approximate surface area is 82.1 Å². The molecule has 0 aliphatic rings. The monoisotopic (exact) mass is 179 g/mol. The van der Waals surface area contributed by atoms with Crippen LogP contribution in [0.15, 0.2) is 23.8 Å². The molecule has 1 N–H and O–H groups in total. The van der Waals surface area contributed by atoms with Crippen molar-refractivity contribution in [1.82, 2.24) is 0 Å². The molecule has 0 aliphatic heterocycles. The maximum Gasteiger partial charge on any atom is 0.0339 e. The van der Waals surface area contributed by atoms with Gasteiger partial charge in [-0.25, -0.2) is 0 Å². The molecule has 0 aromatic heterocycles. The van der Waals surface area contributed by atoms with Crippen LogP contribution in [0.2, 0.25) is 0 Å². The molecule has 0 spiro atoms. The molecule has 0 aromatic rings. The van der Waals surface area contributed by atoms with Crippen molar-refractivity contribution in [2.75, 3.05) is 0 Å². The predicted molar refractivity (Wildman–Crippen MR) is 60.3 cm³/mol. The van der Waals surface area contributed by atoms with Crippen LogP contribution in [0.25, 0.3) is 0 Å². The summed E-state index contributed by atoms with van der Waals surface area (Å²) in [5, 5.41) is 7.64. The van der Waals surface area contributed by atoms with Gasteiger partial charge in [-0.05, 0) is 30.4 Å². The van der Waals surface area contributed by atoms with Crippen LogP contribution in [-0.2, 0) is 0 Å². The van der Waals surface area contributed by atoms with E-state index in [1.807, 2.05) is 32.9 Å². The lowest BCUT2D eigenvalue weighted by atomic mass is 10.0. The Balaban J connectivity index is 4.34. The van der Waals surface area contributed by atoms with E-state index in [-0.39, 0.29) is 0 Å². The summed E-state index contributed by atoms with van der Waals surface area (Å²) < 4.78 is 0. The molecule has 0 radical (unpaired) electrons. The molecule has 13 heavy (non-hydrogen) atoms. The second kappa shape index (κ2) is 5.74. The lowest BCUT2D eigenvalue weighted by Gasteiger charge is -2.06. The molecule has 0 fully saturated rings. The largest absolute Gasteiger partial charge is 0.305 e. The minimum atomic E-state index is 0.321.